The Hall–Kier alpha value is -2.61. The molecule has 0 amide bonds. The summed E-state index contributed by atoms with van der Waals surface area (Å²) >= 11 is 0. The second-order valence-electron chi connectivity index (χ2n) is 10.7. The van der Waals surface area contributed by atoms with Crippen molar-refractivity contribution in [3.8, 4) is 0 Å². The van der Waals surface area contributed by atoms with Gasteiger partial charge in [-0.15, -0.1) is 0 Å². The van der Waals surface area contributed by atoms with Crippen molar-refractivity contribution >= 4 is 27.3 Å². The summed E-state index contributed by atoms with van der Waals surface area (Å²) in [4.78, 5) is 8.47. The van der Waals surface area contributed by atoms with E-state index in [9.17, 15) is 39.9 Å². The molecule has 1 saturated carbocycles. The standard InChI is InChI=1S/C25H30F6N4O3S/c1-14(2)16-10-18(11-16)39(37,38)17-5-6-20(15(3)9-17)33-22-32-12-19(24(26,27)28)21(34-22)35-8-4-7-23(36,13-35)25(29,30)31/h5-6,9,12,14,16,18,36H,4,7-8,10-11,13H2,1-3H3,(H,32,33,34). The monoisotopic (exact) mass is 580 g/mol. The van der Waals surface area contributed by atoms with Crippen LogP contribution in [0.5, 0.6) is 0 Å². The maximum Gasteiger partial charge on any atom is 0.421 e. The Bertz CT molecular complexity index is 1330. The molecule has 1 atom stereocenters. The van der Waals surface area contributed by atoms with E-state index in [4.69, 9.17) is 0 Å². The predicted octanol–water partition coefficient (Wildman–Crippen LogP) is 5.65. The van der Waals surface area contributed by atoms with Gasteiger partial charge in [0.1, 0.15) is 11.4 Å². The third kappa shape index (κ3) is 5.81. The minimum Gasteiger partial charge on any atom is -0.379 e. The SMILES string of the molecule is Cc1cc(S(=O)(=O)C2CC(C(C)C)C2)ccc1Nc1ncc(C(F)(F)F)c(N2CCCC(O)(C(F)(F)F)C2)n1. The minimum absolute atomic E-state index is 0.131. The van der Waals surface area contributed by atoms with Crippen LogP contribution in [0.25, 0.3) is 0 Å². The molecule has 2 fully saturated rings. The molecule has 1 aliphatic heterocycles. The van der Waals surface area contributed by atoms with E-state index >= 15 is 0 Å². The molecule has 2 N–H and O–H groups in total. The predicted molar refractivity (Wildman–Crippen MR) is 132 cm³/mol. The summed E-state index contributed by atoms with van der Waals surface area (Å²) < 4.78 is 107. The van der Waals surface area contributed by atoms with Crippen LogP contribution in [-0.2, 0) is 16.0 Å². The van der Waals surface area contributed by atoms with Crippen molar-refractivity contribution in [1.82, 2.24) is 9.97 Å². The van der Waals surface area contributed by atoms with Crippen LogP contribution in [-0.4, -0.2) is 53.6 Å². The van der Waals surface area contributed by atoms with Crippen molar-refractivity contribution in [3.05, 3.63) is 35.5 Å². The number of aromatic nitrogens is 2. The van der Waals surface area contributed by atoms with Crippen LogP contribution in [0.1, 0.15) is 50.7 Å². The third-order valence-electron chi connectivity index (χ3n) is 7.66. The quantitative estimate of drug-likeness (QED) is 0.427. The Morgan fingerprint density at radius 2 is 1.82 bits per heavy atom. The summed E-state index contributed by atoms with van der Waals surface area (Å²) in [5.41, 5.74) is -3.73. The summed E-state index contributed by atoms with van der Waals surface area (Å²) in [7, 11) is -3.55. The summed E-state index contributed by atoms with van der Waals surface area (Å²) in [5.74, 6) is -0.365. The topological polar surface area (TPSA) is 95.4 Å². The van der Waals surface area contributed by atoms with Gasteiger partial charge in [0.25, 0.3) is 0 Å². The number of aliphatic hydroxyl groups is 1. The number of halogens is 6. The molecule has 1 unspecified atom stereocenters. The number of nitrogens with one attached hydrogen (secondary N) is 1. The van der Waals surface area contributed by atoms with Gasteiger partial charge in [0.2, 0.25) is 5.95 Å². The number of piperidine rings is 1. The van der Waals surface area contributed by atoms with E-state index in [1.807, 2.05) is 0 Å². The number of benzene rings is 1. The molecule has 7 nitrogen and oxygen atoms in total. The van der Waals surface area contributed by atoms with Crippen molar-refractivity contribution in [3.63, 3.8) is 0 Å². The lowest BCUT2D eigenvalue weighted by atomic mass is 9.77. The van der Waals surface area contributed by atoms with Crippen LogP contribution in [0, 0.1) is 18.8 Å². The highest BCUT2D eigenvalue weighted by atomic mass is 32.2. The van der Waals surface area contributed by atoms with Crippen molar-refractivity contribution < 1.29 is 39.9 Å². The lowest BCUT2D eigenvalue weighted by Crippen LogP contribution is -2.57. The molecule has 1 saturated heterocycles. The molecule has 1 aromatic heterocycles. The molecule has 0 spiro atoms. The van der Waals surface area contributed by atoms with Gasteiger partial charge < -0.3 is 15.3 Å². The second-order valence-corrected chi connectivity index (χ2v) is 13.0. The molecule has 2 aliphatic rings. The van der Waals surface area contributed by atoms with Crippen LogP contribution in [0.4, 0.5) is 43.8 Å². The van der Waals surface area contributed by atoms with Crippen LogP contribution in [0.3, 0.4) is 0 Å². The minimum atomic E-state index is -5.04. The summed E-state index contributed by atoms with van der Waals surface area (Å²) in [5, 5.41) is 12.4. The fourth-order valence-electron chi connectivity index (χ4n) is 4.99. The van der Waals surface area contributed by atoms with Crippen LogP contribution < -0.4 is 10.2 Å². The van der Waals surface area contributed by atoms with E-state index in [1.54, 1.807) is 6.92 Å². The van der Waals surface area contributed by atoms with Gasteiger partial charge in [-0.1, -0.05) is 13.8 Å². The highest BCUT2D eigenvalue weighted by Gasteiger charge is 2.56. The molecule has 4 rings (SSSR count). The molecule has 2 heterocycles. The fraction of sp³-hybridized carbons (Fsp3) is 0.600. The zero-order valence-electron chi connectivity index (χ0n) is 21.6. The van der Waals surface area contributed by atoms with Gasteiger partial charge in [-0.25, -0.2) is 13.4 Å². The van der Waals surface area contributed by atoms with Crippen LogP contribution in [0.15, 0.2) is 29.3 Å². The van der Waals surface area contributed by atoms with Crippen molar-refractivity contribution in [2.45, 2.75) is 74.6 Å². The fourth-order valence-corrected chi connectivity index (χ4v) is 6.98. The Labute approximate surface area is 222 Å². The van der Waals surface area contributed by atoms with Gasteiger partial charge in [-0.3, -0.25) is 0 Å². The third-order valence-corrected chi connectivity index (χ3v) is 9.83. The zero-order chi connectivity index (χ0) is 29.0. The second kappa shape index (κ2) is 10.1. The molecule has 2 aromatic rings. The van der Waals surface area contributed by atoms with Crippen molar-refractivity contribution in [1.29, 1.82) is 0 Å². The average Bonchev–Trinajstić information content (AvgIpc) is 2.77. The first-order valence-corrected chi connectivity index (χ1v) is 14.1. The van der Waals surface area contributed by atoms with Gasteiger partial charge >= 0.3 is 12.4 Å². The van der Waals surface area contributed by atoms with Crippen molar-refractivity contribution in [2.75, 3.05) is 23.3 Å². The van der Waals surface area contributed by atoms with E-state index in [1.165, 1.54) is 18.2 Å². The van der Waals surface area contributed by atoms with Crippen LogP contribution >= 0.6 is 0 Å². The molecular formula is C25H30F6N4O3S. The maximum absolute atomic E-state index is 13.7. The smallest absolute Gasteiger partial charge is 0.379 e. The lowest BCUT2D eigenvalue weighted by molar-refractivity contribution is -0.261. The number of hydrogen-bond acceptors (Lipinski definition) is 7. The number of alkyl halides is 6. The van der Waals surface area contributed by atoms with Crippen LogP contribution in [0.2, 0.25) is 0 Å². The van der Waals surface area contributed by atoms with E-state index in [2.05, 4.69) is 29.1 Å². The molecular weight excluding hydrogens is 550 g/mol. The Kier molecular flexibility index (Phi) is 7.60. The molecule has 1 aliphatic carbocycles. The number of anilines is 3. The first-order chi connectivity index (χ1) is 17.9. The Balaban J connectivity index is 1.60. The first kappa shape index (κ1) is 29.4. The molecule has 39 heavy (non-hydrogen) atoms. The Morgan fingerprint density at radius 1 is 1.15 bits per heavy atom. The van der Waals surface area contributed by atoms with Gasteiger partial charge in [0.05, 0.1) is 16.7 Å². The highest BCUT2D eigenvalue weighted by Crippen LogP contribution is 2.43. The van der Waals surface area contributed by atoms with Gasteiger partial charge in [-0.05, 0) is 68.2 Å². The number of nitrogens with zero attached hydrogens (tertiary/aromatic N) is 3. The molecule has 0 bridgehead atoms. The summed E-state index contributed by atoms with van der Waals surface area (Å²) in [6.45, 7) is 4.42. The zero-order valence-corrected chi connectivity index (χ0v) is 22.4. The molecule has 14 heteroatoms. The molecule has 216 valence electrons. The van der Waals surface area contributed by atoms with E-state index in [-0.39, 0.29) is 23.8 Å². The average molecular weight is 581 g/mol. The van der Waals surface area contributed by atoms with Gasteiger partial charge in [0.15, 0.2) is 15.4 Å². The number of β-amino-alcohol motifs (C(OH)–C–C–N with tert-alkyl or cyclic N) is 1. The number of sulfone groups is 1. The first-order valence-electron chi connectivity index (χ1n) is 12.5. The molecule has 1 aromatic carbocycles. The number of hydrogen-bond donors (Lipinski definition) is 2. The largest absolute Gasteiger partial charge is 0.421 e. The van der Waals surface area contributed by atoms with E-state index < -0.39 is 57.4 Å². The normalized spacial score (nSPS) is 24.5. The summed E-state index contributed by atoms with van der Waals surface area (Å²) in [6.07, 6.45) is -9.19. The van der Waals surface area contributed by atoms with Gasteiger partial charge in [0, 0.05) is 18.4 Å². The van der Waals surface area contributed by atoms with E-state index in [0.717, 1.165) is 4.90 Å². The number of aryl methyl sites for hydroxylation is 1. The summed E-state index contributed by atoms with van der Waals surface area (Å²) in [6, 6.07) is 4.30. The Morgan fingerprint density at radius 3 is 2.38 bits per heavy atom. The van der Waals surface area contributed by atoms with E-state index in [0.29, 0.717) is 42.1 Å². The maximum atomic E-state index is 13.7. The lowest BCUT2D eigenvalue weighted by Gasteiger charge is -2.41. The van der Waals surface area contributed by atoms with Gasteiger partial charge in [-0.2, -0.15) is 31.3 Å². The molecule has 0 radical (unpaired) electrons. The van der Waals surface area contributed by atoms with Crippen molar-refractivity contribution in [2.24, 2.45) is 11.8 Å². The number of rotatable bonds is 6. The highest BCUT2D eigenvalue weighted by molar-refractivity contribution is 7.92.